The molecule has 2 unspecified atom stereocenters. The Morgan fingerprint density at radius 2 is 2.05 bits per heavy atom. The lowest BCUT2D eigenvalue weighted by molar-refractivity contribution is 0.120. The maximum Gasteiger partial charge on any atom is 0.147 e. The molecule has 0 aliphatic carbocycles. The van der Waals surface area contributed by atoms with Gasteiger partial charge in [0.1, 0.15) is 12.2 Å². The molecule has 0 saturated heterocycles. The van der Waals surface area contributed by atoms with E-state index in [1.165, 1.54) is 0 Å². The molecule has 2 heterocycles. The van der Waals surface area contributed by atoms with E-state index in [1.54, 1.807) is 0 Å². The molecule has 0 aromatic carbocycles. The fraction of sp³-hybridized carbons (Fsp3) is 0.857. The van der Waals surface area contributed by atoms with Gasteiger partial charge in [0, 0.05) is 24.7 Å². The van der Waals surface area contributed by atoms with Gasteiger partial charge in [-0.1, -0.05) is 6.92 Å². The van der Waals surface area contributed by atoms with Gasteiger partial charge in [-0.05, 0) is 40.2 Å². The van der Waals surface area contributed by atoms with Gasteiger partial charge < -0.3 is 9.88 Å². The fourth-order valence-corrected chi connectivity index (χ4v) is 2.43. The average molecular weight is 265 g/mol. The Hall–Kier alpha value is -0.940. The molecule has 5 heteroatoms. The van der Waals surface area contributed by atoms with Gasteiger partial charge >= 0.3 is 0 Å². The summed E-state index contributed by atoms with van der Waals surface area (Å²) in [5.41, 5.74) is 0.191. The quantitative estimate of drug-likeness (QED) is 0.896. The largest absolute Gasteiger partial charge is 0.315 e. The number of rotatable bonds is 4. The van der Waals surface area contributed by atoms with Crippen molar-refractivity contribution in [3.63, 3.8) is 0 Å². The number of nitrogens with zero attached hydrogens (tertiary/aromatic N) is 4. The van der Waals surface area contributed by atoms with Crippen LogP contribution in [0.4, 0.5) is 0 Å². The van der Waals surface area contributed by atoms with E-state index in [4.69, 9.17) is 0 Å². The third kappa shape index (κ3) is 3.76. The Morgan fingerprint density at radius 1 is 1.32 bits per heavy atom. The van der Waals surface area contributed by atoms with Crippen LogP contribution in [0, 0.1) is 5.92 Å². The van der Waals surface area contributed by atoms with Crippen LogP contribution in [0.2, 0.25) is 0 Å². The van der Waals surface area contributed by atoms with Crippen LogP contribution in [0.3, 0.4) is 0 Å². The summed E-state index contributed by atoms with van der Waals surface area (Å²) in [6.45, 7) is 15.4. The Morgan fingerprint density at radius 3 is 2.74 bits per heavy atom. The highest BCUT2D eigenvalue weighted by molar-refractivity contribution is 4.92. The molecule has 0 spiro atoms. The van der Waals surface area contributed by atoms with E-state index in [0.717, 1.165) is 32.0 Å². The van der Waals surface area contributed by atoms with Gasteiger partial charge in [0.05, 0.1) is 6.54 Å². The van der Waals surface area contributed by atoms with Gasteiger partial charge in [-0.25, -0.2) is 0 Å². The zero-order valence-electron chi connectivity index (χ0n) is 12.8. The highest BCUT2D eigenvalue weighted by atomic mass is 15.3. The van der Waals surface area contributed by atoms with E-state index in [-0.39, 0.29) is 5.54 Å². The molecule has 19 heavy (non-hydrogen) atoms. The molecule has 1 N–H and O–H groups in total. The SMILES string of the molecule is CC(CNC(C)(C)C)C(C)N1CCn2cnnc2C1. The van der Waals surface area contributed by atoms with Crippen molar-refractivity contribution in [3.05, 3.63) is 12.2 Å². The summed E-state index contributed by atoms with van der Waals surface area (Å²) >= 11 is 0. The third-order valence-electron chi connectivity index (χ3n) is 4.02. The topological polar surface area (TPSA) is 46.0 Å². The van der Waals surface area contributed by atoms with Crippen LogP contribution in [0.5, 0.6) is 0 Å². The molecule has 108 valence electrons. The van der Waals surface area contributed by atoms with Crippen molar-refractivity contribution in [2.45, 2.75) is 59.3 Å². The second-order valence-electron chi connectivity index (χ2n) is 6.76. The molecule has 1 aliphatic heterocycles. The lowest BCUT2D eigenvalue weighted by Gasteiger charge is -2.36. The van der Waals surface area contributed by atoms with Gasteiger partial charge in [-0.3, -0.25) is 4.90 Å². The molecule has 0 saturated carbocycles. The molecule has 2 atom stereocenters. The number of hydrogen-bond acceptors (Lipinski definition) is 4. The highest BCUT2D eigenvalue weighted by Crippen LogP contribution is 2.17. The Labute approximate surface area is 116 Å². The normalized spacial score (nSPS) is 20.1. The predicted molar refractivity (Wildman–Crippen MR) is 76.8 cm³/mol. The van der Waals surface area contributed by atoms with E-state index in [2.05, 4.69) is 59.6 Å². The maximum absolute atomic E-state index is 4.19. The molecule has 0 amide bonds. The monoisotopic (exact) mass is 265 g/mol. The van der Waals surface area contributed by atoms with Crippen LogP contribution in [0.1, 0.15) is 40.4 Å². The minimum Gasteiger partial charge on any atom is -0.315 e. The van der Waals surface area contributed by atoms with Gasteiger partial charge in [0.15, 0.2) is 0 Å². The van der Waals surface area contributed by atoms with Crippen molar-refractivity contribution in [1.29, 1.82) is 0 Å². The number of fused-ring (bicyclic) bond motifs is 1. The summed E-state index contributed by atoms with van der Waals surface area (Å²) in [6.07, 6.45) is 1.84. The van der Waals surface area contributed by atoms with Crippen molar-refractivity contribution in [2.24, 2.45) is 5.92 Å². The summed E-state index contributed by atoms with van der Waals surface area (Å²) in [6, 6.07) is 0.556. The van der Waals surface area contributed by atoms with Crippen molar-refractivity contribution < 1.29 is 0 Å². The molecule has 5 nitrogen and oxygen atoms in total. The maximum atomic E-state index is 4.19. The minimum atomic E-state index is 0.191. The molecule has 0 bridgehead atoms. The molecule has 1 aromatic rings. The van der Waals surface area contributed by atoms with Gasteiger partial charge in [-0.2, -0.15) is 0 Å². The Bertz CT molecular complexity index is 406. The Balaban J connectivity index is 1.88. The molecule has 0 radical (unpaired) electrons. The molecule has 1 aromatic heterocycles. The van der Waals surface area contributed by atoms with Crippen LogP contribution in [0.25, 0.3) is 0 Å². The highest BCUT2D eigenvalue weighted by Gasteiger charge is 2.25. The smallest absolute Gasteiger partial charge is 0.147 e. The number of hydrogen-bond donors (Lipinski definition) is 1. The lowest BCUT2D eigenvalue weighted by atomic mass is 9.99. The van der Waals surface area contributed by atoms with Crippen molar-refractivity contribution in [1.82, 2.24) is 25.0 Å². The molecule has 0 fully saturated rings. The molecular formula is C14H27N5. The van der Waals surface area contributed by atoms with E-state index < -0.39 is 0 Å². The number of aromatic nitrogens is 3. The van der Waals surface area contributed by atoms with E-state index in [0.29, 0.717) is 12.0 Å². The van der Waals surface area contributed by atoms with Crippen molar-refractivity contribution >= 4 is 0 Å². The first-order chi connectivity index (χ1) is 8.87. The molecular weight excluding hydrogens is 238 g/mol. The summed E-state index contributed by atoms with van der Waals surface area (Å²) in [5.74, 6) is 1.71. The second kappa shape index (κ2) is 5.59. The van der Waals surface area contributed by atoms with Crippen LogP contribution in [-0.4, -0.2) is 44.3 Å². The van der Waals surface area contributed by atoms with Crippen molar-refractivity contribution in [2.75, 3.05) is 13.1 Å². The zero-order valence-corrected chi connectivity index (χ0v) is 12.8. The standard InChI is InChI=1S/C14H27N5/c1-11(8-15-14(3,4)5)12(2)18-6-7-19-10-16-17-13(19)9-18/h10-12,15H,6-9H2,1-5H3. The summed E-state index contributed by atoms with van der Waals surface area (Å²) in [7, 11) is 0. The summed E-state index contributed by atoms with van der Waals surface area (Å²) < 4.78 is 2.15. The second-order valence-corrected chi connectivity index (χ2v) is 6.76. The predicted octanol–water partition coefficient (Wildman–Crippen LogP) is 1.51. The Kier molecular flexibility index (Phi) is 4.26. The van der Waals surface area contributed by atoms with E-state index >= 15 is 0 Å². The number of nitrogens with one attached hydrogen (secondary N) is 1. The minimum absolute atomic E-state index is 0.191. The third-order valence-corrected chi connectivity index (χ3v) is 4.02. The summed E-state index contributed by atoms with van der Waals surface area (Å²) in [4.78, 5) is 2.51. The fourth-order valence-electron chi connectivity index (χ4n) is 2.43. The average Bonchev–Trinajstić information content (AvgIpc) is 2.81. The first-order valence-electron chi connectivity index (χ1n) is 7.22. The zero-order chi connectivity index (χ0) is 14.0. The molecule has 1 aliphatic rings. The van der Waals surface area contributed by atoms with Crippen LogP contribution < -0.4 is 5.32 Å². The first kappa shape index (κ1) is 14.5. The molecule has 2 rings (SSSR count). The van der Waals surface area contributed by atoms with Crippen LogP contribution in [-0.2, 0) is 13.1 Å². The summed E-state index contributed by atoms with van der Waals surface area (Å²) in [5, 5.41) is 11.8. The van der Waals surface area contributed by atoms with E-state index in [9.17, 15) is 0 Å². The van der Waals surface area contributed by atoms with Crippen LogP contribution in [0.15, 0.2) is 6.33 Å². The van der Waals surface area contributed by atoms with Gasteiger partial charge in [0.25, 0.3) is 0 Å². The first-order valence-corrected chi connectivity index (χ1v) is 7.22. The van der Waals surface area contributed by atoms with Crippen molar-refractivity contribution in [3.8, 4) is 0 Å². The van der Waals surface area contributed by atoms with Gasteiger partial charge in [0.2, 0.25) is 0 Å². The van der Waals surface area contributed by atoms with Crippen LogP contribution >= 0.6 is 0 Å². The van der Waals surface area contributed by atoms with Gasteiger partial charge in [-0.15, -0.1) is 10.2 Å². The van der Waals surface area contributed by atoms with E-state index in [1.807, 2.05) is 6.33 Å². The lowest BCUT2D eigenvalue weighted by Crippen LogP contribution is -2.47.